The van der Waals surface area contributed by atoms with Crippen LogP contribution in [0.1, 0.15) is 38.2 Å². The number of hydrogen-bond acceptors (Lipinski definition) is 3. The van der Waals surface area contributed by atoms with Gasteiger partial charge >= 0.3 is 0 Å². The van der Waals surface area contributed by atoms with Crippen LogP contribution in [0, 0.1) is 0 Å². The van der Waals surface area contributed by atoms with Crippen molar-refractivity contribution in [2.75, 3.05) is 34.3 Å². The van der Waals surface area contributed by atoms with Crippen LogP contribution in [0.3, 0.4) is 0 Å². The molecule has 0 radical (unpaired) electrons. The molecule has 6 nitrogen and oxygen atoms in total. The van der Waals surface area contributed by atoms with Gasteiger partial charge in [-0.1, -0.05) is 38.3 Å². The minimum Gasteiger partial charge on any atom is -0.497 e. The molecule has 0 heterocycles. The van der Waals surface area contributed by atoms with E-state index in [0.29, 0.717) is 12.5 Å². The molecule has 0 aliphatic heterocycles. The Bertz CT molecular complexity index is 533. The van der Waals surface area contributed by atoms with Crippen molar-refractivity contribution >= 4 is 35.8 Å². The summed E-state index contributed by atoms with van der Waals surface area (Å²) in [6.45, 7) is 3.83. The summed E-state index contributed by atoms with van der Waals surface area (Å²) in [5.41, 5.74) is 1.09. The molecule has 0 aromatic heterocycles. The number of nitrogens with zero attached hydrogens (tertiary/aromatic N) is 2. The fraction of sp³-hybridized carbons (Fsp3) is 0.579. The maximum Gasteiger partial charge on any atom is 0.241 e. The number of carbonyl (C=O) groups excluding carboxylic acids is 1. The van der Waals surface area contributed by atoms with E-state index >= 15 is 0 Å². The highest BCUT2D eigenvalue weighted by Crippen LogP contribution is 2.11. The first-order valence-corrected chi connectivity index (χ1v) is 8.92. The third-order valence-corrected chi connectivity index (χ3v) is 3.81. The topological polar surface area (TPSA) is 66.0 Å². The summed E-state index contributed by atoms with van der Waals surface area (Å²) in [6, 6.07) is 7.83. The van der Waals surface area contributed by atoms with Crippen molar-refractivity contribution in [3.63, 3.8) is 0 Å². The van der Waals surface area contributed by atoms with Gasteiger partial charge in [-0.05, 0) is 24.1 Å². The molecule has 0 saturated heterocycles. The normalized spacial score (nSPS) is 10.7. The standard InChI is InChI=1S/C19H32N4O2.HI/c1-5-6-7-8-13-20-19(22-15-18(24)23(2)3)21-14-16-9-11-17(25-4)12-10-16;/h9-12H,5-8,13-15H2,1-4H3,(H2,20,21,22);1H. The Kier molecular flexibility index (Phi) is 13.8. The van der Waals surface area contributed by atoms with Crippen LogP contribution in [0.5, 0.6) is 5.75 Å². The van der Waals surface area contributed by atoms with Gasteiger partial charge in [-0.25, -0.2) is 4.99 Å². The number of nitrogens with one attached hydrogen (secondary N) is 2. The predicted octanol–water partition coefficient (Wildman–Crippen LogP) is 3.02. The molecule has 0 fully saturated rings. The monoisotopic (exact) mass is 476 g/mol. The number of ether oxygens (including phenoxy) is 1. The highest BCUT2D eigenvalue weighted by atomic mass is 127. The second kappa shape index (κ2) is 14.6. The summed E-state index contributed by atoms with van der Waals surface area (Å²) in [6.07, 6.45) is 4.76. The van der Waals surface area contributed by atoms with Crippen molar-refractivity contribution in [1.82, 2.24) is 15.5 Å². The molecular formula is C19H33IN4O2. The third-order valence-electron chi connectivity index (χ3n) is 3.81. The Hall–Kier alpha value is -1.51. The zero-order chi connectivity index (χ0) is 18.5. The van der Waals surface area contributed by atoms with Crippen molar-refractivity contribution in [2.24, 2.45) is 4.99 Å². The molecule has 2 N–H and O–H groups in total. The van der Waals surface area contributed by atoms with Crippen LogP contribution in [0.2, 0.25) is 0 Å². The number of likely N-dealkylation sites (N-methyl/N-ethyl adjacent to an activating group) is 1. The number of benzene rings is 1. The number of aliphatic imine (C=N–C) groups is 1. The van der Waals surface area contributed by atoms with Crippen molar-refractivity contribution in [1.29, 1.82) is 0 Å². The van der Waals surface area contributed by atoms with Gasteiger partial charge in [0.2, 0.25) is 5.91 Å². The molecular weight excluding hydrogens is 443 g/mol. The number of carbonyl (C=O) groups is 1. The predicted molar refractivity (Wildman–Crippen MR) is 118 cm³/mol. The van der Waals surface area contributed by atoms with Crippen molar-refractivity contribution in [2.45, 2.75) is 39.2 Å². The second-order valence-electron chi connectivity index (χ2n) is 6.14. The molecule has 26 heavy (non-hydrogen) atoms. The fourth-order valence-corrected chi connectivity index (χ4v) is 2.15. The van der Waals surface area contributed by atoms with Gasteiger partial charge in [0.25, 0.3) is 0 Å². The van der Waals surface area contributed by atoms with Gasteiger partial charge in [0.15, 0.2) is 5.96 Å². The molecule has 0 aliphatic rings. The van der Waals surface area contributed by atoms with Gasteiger partial charge in [0.05, 0.1) is 20.2 Å². The molecule has 1 rings (SSSR count). The van der Waals surface area contributed by atoms with Crippen molar-refractivity contribution < 1.29 is 9.53 Å². The number of rotatable bonds is 10. The summed E-state index contributed by atoms with van der Waals surface area (Å²) in [5, 5.41) is 6.42. The molecule has 0 bridgehead atoms. The zero-order valence-corrected chi connectivity index (χ0v) is 18.7. The number of unbranched alkanes of at least 4 members (excludes halogenated alkanes) is 3. The Morgan fingerprint density at radius 2 is 1.81 bits per heavy atom. The first-order chi connectivity index (χ1) is 12.1. The summed E-state index contributed by atoms with van der Waals surface area (Å²) in [4.78, 5) is 17.9. The molecule has 0 aliphatic carbocycles. The first kappa shape index (κ1) is 24.5. The van der Waals surface area contributed by atoms with Crippen molar-refractivity contribution in [3.8, 4) is 5.75 Å². The lowest BCUT2D eigenvalue weighted by Crippen LogP contribution is -2.43. The molecule has 0 unspecified atom stereocenters. The van der Waals surface area contributed by atoms with Crippen LogP contribution in [0.25, 0.3) is 0 Å². The number of halogens is 1. The van der Waals surface area contributed by atoms with E-state index in [0.717, 1.165) is 24.3 Å². The summed E-state index contributed by atoms with van der Waals surface area (Å²) >= 11 is 0. The SMILES string of the molecule is CCCCCCNC(=NCc1ccc(OC)cc1)NCC(=O)N(C)C.I. The largest absolute Gasteiger partial charge is 0.497 e. The lowest BCUT2D eigenvalue weighted by Gasteiger charge is -2.15. The maximum absolute atomic E-state index is 11.8. The molecule has 1 amide bonds. The van der Waals surface area contributed by atoms with E-state index in [-0.39, 0.29) is 36.4 Å². The van der Waals surface area contributed by atoms with Gasteiger partial charge in [-0.2, -0.15) is 0 Å². The number of hydrogen-bond donors (Lipinski definition) is 2. The molecule has 1 aromatic rings. The number of methoxy groups -OCH3 is 1. The van der Waals surface area contributed by atoms with Gasteiger partial charge in [0, 0.05) is 20.6 Å². The Balaban J connectivity index is 0.00000625. The van der Waals surface area contributed by atoms with Crippen LogP contribution >= 0.6 is 24.0 Å². The molecule has 7 heteroatoms. The van der Waals surface area contributed by atoms with Gasteiger partial charge in [-0.15, -0.1) is 24.0 Å². The van der Waals surface area contributed by atoms with Gasteiger partial charge in [0.1, 0.15) is 5.75 Å². The van der Waals surface area contributed by atoms with E-state index in [1.54, 1.807) is 26.1 Å². The molecule has 0 atom stereocenters. The van der Waals surface area contributed by atoms with E-state index in [1.165, 1.54) is 19.3 Å². The average Bonchev–Trinajstić information content (AvgIpc) is 2.63. The van der Waals surface area contributed by atoms with Crippen LogP contribution in [-0.2, 0) is 11.3 Å². The van der Waals surface area contributed by atoms with Crippen LogP contribution in [0.15, 0.2) is 29.3 Å². The van der Waals surface area contributed by atoms with Crippen LogP contribution in [0.4, 0.5) is 0 Å². The van der Waals surface area contributed by atoms with Crippen LogP contribution in [-0.4, -0.2) is 51.1 Å². The van der Waals surface area contributed by atoms with E-state index in [1.807, 2.05) is 24.3 Å². The third kappa shape index (κ3) is 10.5. The molecule has 1 aromatic carbocycles. The highest BCUT2D eigenvalue weighted by Gasteiger charge is 2.05. The lowest BCUT2D eigenvalue weighted by molar-refractivity contribution is -0.127. The van der Waals surface area contributed by atoms with Gasteiger partial charge < -0.3 is 20.3 Å². The quantitative estimate of drug-likeness (QED) is 0.236. The number of guanidine groups is 1. The summed E-state index contributed by atoms with van der Waals surface area (Å²) < 4.78 is 5.16. The minimum atomic E-state index is 0. The molecule has 148 valence electrons. The maximum atomic E-state index is 11.8. The Morgan fingerprint density at radius 3 is 2.38 bits per heavy atom. The highest BCUT2D eigenvalue weighted by molar-refractivity contribution is 14.0. The Labute approximate surface area is 174 Å². The lowest BCUT2D eigenvalue weighted by atomic mass is 10.2. The Morgan fingerprint density at radius 1 is 1.12 bits per heavy atom. The first-order valence-electron chi connectivity index (χ1n) is 8.92. The van der Waals surface area contributed by atoms with E-state index in [2.05, 4.69) is 22.5 Å². The van der Waals surface area contributed by atoms with E-state index in [9.17, 15) is 4.79 Å². The molecule has 0 spiro atoms. The van der Waals surface area contributed by atoms with E-state index in [4.69, 9.17) is 4.74 Å². The summed E-state index contributed by atoms with van der Waals surface area (Å²) in [5.74, 6) is 1.52. The minimum absolute atomic E-state index is 0. The summed E-state index contributed by atoms with van der Waals surface area (Å²) in [7, 11) is 5.14. The smallest absolute Gasteiger partial charge is 0.241 e. The van der Waals surface area contributed by atoms with Crippen LogP contribution < -0.4 is 15.4 Å². The molecule has 0 saturated carbocycles. The fourth-order valence-electron chi connectivity index (χ4n) is 2.15. The zero-order valence-electron chi connectivity index (χ0n) is 16.4. The average molecular weight is 476 g/mol. The van der Waals surface area contributed by atoms with Gasteiger partial charge in [-0.3, -0.25) is 4.79 Å². The van der Waals surface area contributed by atoms with Crippen molar-refractivity contribution in [3.05, 3.63) is 29.8 Å². The number of amides is 1. The second-order valence-corrected chi connectivity index (χ2v) is 6.14. The van der Waals surface area contributed by atoms with E-state index < -0.39 is 0 Å².